The summed E-state index contributed by atoms with van der Waals surface area (Å²) in [5.41, 5.74) is 0. The molecule has 0 rings (SSSR count). The van der Waals surface area contributed by atoms with Crippen LogP contribution in [0.15, 0.2) is 24.3 Å². The quantitative estimate of drug-likeness (QED) is 0.0273. The lowest BCUT2D eigenvalue weighted by Gasteiger charge is -2.29. The Bertz CT molecular complexity index is 1030. The first-order valence-corrected chi connectivity index (χ1v) is 27.2. The zero-order valence-electron chi connectivity index (χ0n) is 40.4. The third-order valence-corrected chi connectivity index (χ3v) is 12.6. The van der Waals surface area contributed by atoms with E-state index < -0.39 is 20.0 Å². The number of aliphatic hydroxyl groups is 1. The van der Waals surface area contributed by atoms with Crippen molar-refractivity contribution in [2.45, 2.75) is 257 Å². The monoisotopic (exact) mass is 869 g/mol. The molecular weight excluding hydrogens is 768 g/mol. The van der Waals surface area contributed by atoms with Crippen molar-refractivity contribution >= 4 is 13.7 Å². The zero-order chi connectivity index (χ0) is 44.3. The van der Waals surface area contributed by atoms with Gasteiger partial charge < -0.3 is 28.8 Å². The molecule has 0 fully saturated rings. The number of nitrogens with zero attached hydrogens (tertiary/aromatic N) is 1. The number of rotatable bonds is 47. The van der Waals surface area contributed by atoms with Crippen LogP contribution in [-0.4, -0.2) is 68.5 Å². The maximum absolute atomic E-state index is 12.9. The van der Waals surface area contributed by atoms with E-state index in [1.807, 2.05) is 27.2 Å². The molecule has 2 N–H and O–H groups in total. The zero-order valence-corrected chi connectivity index (χ0v) is 41.3. The van der Waals surface area contributed by atoms with Crippen molar-refractivity contribution in [1.82, 2.24) is 5.32 Å². The number of carbonyl (C=O) groups excluding carboxylic acids is 1. The molecule has 0 aliphatic carbocycles. The molecule has 60 heavy (non-hydrogen) atoms. The lowest BCUT2D eigenvalue weighted by molar-refractivity contribution is -0.870. The highest BCUT2D eigenvalue weighted by atomic mass is 31.2. The second-order valence-corrected chi connectivity index (χ2v) is 20.3. The molecule has 0 saturated heterocycles. The van der Waals surface area contributed by atoms with E-state index in [-0.39, 0.29) is 19.1 Å². The van der Waals surface area contributed by atoms with E-state index in [2.05, 4.69) is 31.3 Å². The molecule has 356 valence electrons. The summed E-state index contributed by atoms with van der Waals surface area (Å²) in [5.74, 6) is -0.197. The first kappa shape index (κ1) is 59.0. The van der Waals surface area contributed by atoms with Crippen molar-refractivity contribution in [2.75, 3.05) is 40.9 Å². The summed E-state index contributed by atoms with van der Waals surface area (Å²) in [7, 11) is 1.27. The van der Waals surface area contributed by atoms with Gasteiger partial charge in [-0.05, 0) is 44.9 Å². The number of unbranched alkanes of at least 4 members (excludes halogenated alkanes) is 32. The molecule has 3 atom stereocenters. The Morgan fingerprint density at radius 2 is 0.917 bits per heavy atom. The second kappa shape index (κ2) is 43.2. The SMILES string of the molecule is CCCCCCCC/C=C\CCCCCCCCCCCC(=O)NC(COP(=O)([O-])OCC[N+](C)(C)C)C(O)/C=C/CCCCCCCCCCCCCCCCCCC. The van der Waals surface area contributed by atoms with E-state index in [0.29, 0.717) is 17.4 Å². The minimum Gasteiger partial charge on any atom is -0.756 e. The Labute approximate surface area is 373 Å². The molecule has 0 heterocycles. The van der Waals surface area contributed by atoms with E-state index in [1.165, 1.54) is 186 Å². The predicted octanol–water partition coefficient (Wildman–Crippen LogP) is 14.2. The van der Waals surface area contributed by atoms with Gasteiger partial charge >= 0.3 is 0 Å². The molecule has 0 aromatic rings. The van der Waals surface area contributed by atoms with E-state index in [1.54, 1.807) is 6.08 Å². The number of amides is 1. The van der Waals surface area contributed by atoms with Crippen molar-refractivity contribution in [2.24, 2.45) is 0 Å². The van der Waals surface area contributed by atoms with Gasteiger partial charge in [0, 0.05) is 6.42 Å². The third-order valence-electron chi connectivity index (χ3n) is 11.7. The maximum Gasteiger partial charge on any atom is 0.268 e. The van der Waals surface area contributed by atoms with Gasteiger partial charge in [0.2, 0.25) is 5.91 Å². The van der Waals surface area contributed by atoms with Crippen LogP contribution in [0.5, 0.6) is 0 Å². The molecular formula is C51H101N2O6P. The molecule has 9 heteroatoms. The van der Waals surface area contributed by atoms with Gasteiger partial charge in [-0.15, -0.1) is 0 Å². The summed E-state index contributed by atoms with van der Waals surface area (Å²) in [6.07, 6.45) is 52.3. The Morgan fingerprint density at radius 1 is 0.567 bits per heavy atom. The van der Waals surface area contributed by atoms with Gasteiger partial charge in [-0.3, -0.25) is 9.36 Å². The van der Waals surface area contributed by atoms with Crippen LogP contribution in [0.4, 0.5) is 0 Å². The highest BCUT2D eigenvalue weighted by molar-refractivity contribution is 7.45. The standard InChI is InChI=1S/C51H101N2O6P/c1-6-8-10-12-14-16-18-20-22-24-26-28-30-32-34-36-38-40-42-44-50(54)49(48-59-60(56,57)58-47-46-53(3,4)5)52-51(55)45-43-41-39-37-35-33-31-29-27-25-23-21-19-17-15-13-11-9-7-2/h21,23,42,44,49-50,54H,6-20,22,24-41,43,45-48H2,1-5H3,(H-,52,55,56,57)/b23-21-,44-42+. The van der Waals surface area contributed by atoms with Crippen LogP contribution >= 0.6 is 7.82 Å². The number of allylic oxidation sites excluding steroid dienone is 3. The number of nitrogens with one attached hydrogen (secondary N) is 1. The number of phosphoric ester groups is 1. The average molecular weight is 869 g/mol. The van der Waals surface area contributed by atoms with Crippen molar-refractivity contribution in [1.29, 1.82) is 0 Å². The van der Waals surface area contributed by atoms with E-state index in [0.717, 1.165) is 38.5 Å². The predicted molar refractivity (Wildman–Crippen MR) is 256 cm³/mol. The van der Waals surface area contributed by atoms with E-state index in [4.69, 9.17) is 9.05 Å². The fourth-order valence-electron chi connectivity index (χ4n) is 7.56. The van der Waals surface area contributed by atoms with Crippen molar-refractivity contribution in [3.63, 3.8) is 0 Å². The molecule has 0 radical (unpaired) electrons. The Kier molecular flexibility index (Phi) is 42.5. The van der Waals surface area contributed by atoms with Crippen LogP contribution in [-0.2, 0) is 18.4 Å². The summed E-state index contributed by atoms with van der Waals surface area (Å²) >= 11 is 0. The second-order valence-electron chi connectivity index (χ2n) is 18.9. The van der Waals surface area contributed by atoms with Crippen LogP contribution in [0.2, 0.25) is 0 Å². The molecule has 0 aromatic carbocycles. The number of phosphoric acid groups is 1. The number of carbonyl (C=O) groups is 1. The minimum atomic E-state index is -4.59. The number of aliphatic hydroxyl groups excluding tert-OH is 1. The lowest BCUT2D eigenvalue weighted by atomic mass is 10.0. The summed E-state index contributed by atoms with van der Waals surface area (Å²) in [6, 6.07) is -0.885. The molecule has 0 bridgehead atoms. The highest BCUT2D eigenvalue weighted by Gasteiger charge is 2.23. The summed E-state index contributed by atoms with van der Waals surface area (Å²) in [5, 5.41) is 13.8. The minimum absolute atomic E-state index is 0.000114. The summed E-state index contributed by atoms with van der Waals surface area (Å²) < 4.78 is 23.3. The molecule has 1 amide bonds. The van der Waals surface area contributed by atoms with Crippen LogP contribution in [0.25, 0.3) is 0 Å². The van der Waals surface area contributed by atoms with Crippen molar-refractivity contribution in [3.8, 4) is 0 Å². The van der Waals surface area contributed by atoms with Gasteiger partial charge in [-0.2, -0.15) is 0 Å². The number of hydrogen-bond acceptors (Lipinski definition) is 6. The van der Waals surface area contributed by atoms with E-state index in [9.17, 15) is 19.4 Å². The molecule has 3 unspecified atom stereocenters. The van der Waals surface area contributed by atoms with Crippen molar-refractivity contribution < 1.29 is 32.9 Å². The first-order chi connectivity index (χ1) is 29.0. The molecule has 0 aromatic heterocycles. The first-order valence-electron chi connectivity index (χ1n) is 25.7. The Morgan fingerprint density at radius 3 is 1.30 bits per heavy atom. The normalized spacial score (nSPS) is 14.3. The fraction of sp³-hybridized carbons (Fsp3) is 0.902. The molecule has 0 spiro atoms. The Hall–Kier alpha value is -1.02. The van der Waals surface area contributed by atoms with Gasteiger partial charge in [0.05, 0.1) is 39.9 Å². The molecule has 0 saturated carbocycles. The lowest BCUT2D eigenvalue weighted by Crippen LogP contribution is -2.45. The number of hydrogen-bond donors (Lipinski definition) is 2. The van der Waals surface area contributed by atoms with Gasteiger partial charge in [0.15, 0.2) is 0 Å². The highest BCUT2D eigenvalue weighted by Crippen LogP contribution is 2.38. The summed E-state index contributed by atoms with van der Waals surface area (Å²) in [4.78, 5) is 25.4. The van der Waals surface area contributed by atoms with Crippen LogP contribution in [0, 0.1) is 0 Å². The summed E-state index contributed by atoms with van der Waals surface area (Å²) in [6.45, 7) is 4.67. The Balaban J connectivity index is 4.31. The largest absolute Gasteiger partial charge is 0.756 e. The van der Waals surface area contributed by atoms with Crippen LogP contribution in [0.3, 0.4) is 0 Å². The molecule has 8 nitrogen and oxygen atoms in total. The molecule has 0 aliphatic rings. The van der Waals surface area contributed by atoms with Gasteiger partial charge in [0.25, 0.3) is 7.82 Å². The smallest absolute Gasteiger partial charge is 0.268 e. The average Bonchev–Trinajstić information content (AvgIpc) is 3.20. The van der Waals surface area contributed by atoms with Crippen LogP contribution in [0.1, 0.15) is 245 Å². The fourth-order valence-corrected chi connectivity index (χ4v) is 8.28. The van der Waals surface area contributed by atoms with E-state index >= 15 is 0 Å². The topological polar surface area (TPSA) is 108 Å². The van der Waals surface area contributed by atoms with Crippen molar-refractivity contribution in [3.05, 3.63) is 24.3 Å². The van der Waals surface area contributed by atoms with Gasteiger partial charge in [0.1, 0.15) is 13.2 Å². The maximum atomic E-state index is 12.9. The van der Waals surface area contributed by atoms with Gasteiger partial charge in [-0.1, -0.05) is 218 Å². The third kappa shape index (κ3) is 45.0. The van der Waals surface area contributed by atoms with Gasteiger partial charge in [-0.25, -0.2) is 0 Å². The molecule has 0 aliphatic heterocycles. The number of likely N-dealkylation sites (N-methyl/N-ethyl adjacent to an activating group) is 1. The van der Waals surface area contributed by atoms with Crippen LogP contribution < -0.4 is 10.2 Å². The number of quaternary nitrogens is 1.